The summed E-state index contributed by atoms with van der Waals surface area (Å²) < 4.78 is 16.1. The molecule has 2 aromatic carbocycles. The number of benzene rings is 2. The molecule has 1 aliphatic rings. The van der Waals surface area contributed by atoms with Gasteiger partial charge in [0, 0.05) is 5.56 Å². The number of methoxy groups -OCH3 is 2. The molecule has 0 aliphatic carbocycles. The minimum atomic E-state index is -0.407. The summed E-state index contributed by atoms with van der Waals surface area (Å²) in [6.45, 7) is 0. The molecule has 3 aromatic rings. The van der Waals surface area contributed by atoms with Crippen LogP contribution >= 0.6 is 0 Å². The third-order valence-electron chi connectivity index (χ3n) is 4.77. The number of rotatable bonds is 4. The van der Waals surface area contributed by atoms with Crippen LogP contribution in [-0.4, -0.2) is 24.4 Å². The molecule has 140 valence electrons. The van der Waals surface area contributed by atoms with Gasteiger partial charge in [-0.05, 0) is 42.0 Å². The van der Waals surface area contributed by atoms with Gasteiger partial charge in [-0.25, -0.2) is 0 Å². The number of allylic oxidation sites excluding steroid dienone is 1. The van der Waals surface area contributed by atoms with Gasteiger partial charge in [0.2, 0.25) is 11.8 Å². The maximum absolute atomic E-state index is 9.75. The molecule has 0 bridgehead atoms. The zero-order valence-electron chi connectivity index (χ0n) is 15.4. The van der Waals surface area contributed by atoms with Crippen LogP contribution in [0.3, 0.4) is 0 Å². The second kappa shape index (κ2) is 7.00. The van der Waals surface area contributed by atoms with Gasteiger partial charge in [0.15, 0.2) is 0 Å². The number of nitrogens with one attached hydrogen (secondary N) is 1. The Kier molecular flexibility index (Phi) is 4.38. The van der Waals surface area contributed by atoms with E-state index in [1.165, 1.54) is 0 Å². The molecule has 0 unspecified atom stereocenters. The Balaban J connectivity index is 1.88. The molecule has 3 N–H and O–H groups in total. The Hall–Kier alpha value is -3.92. The third kappa shape index (κ3) is 2.81. The fourth-order valence-corrected chi connectivity index (χ4v) is 3.35. The van der Waals surface area contributed by atoms with Gasteiger partial charge in [0.05, 0.1) is 31.4 Å². The highest BCUT2D eigenvalue weighted by Crippen LogP contribution is 2.45. The lowest BCUT2D eigenvalue weighted by molar-refractivity contribution is 0.379. The van der Waals surface area contributed by atoms with Crippen LogP contribution in [0.2, 0.25) is 0 Å². The van der Waals surface area contributed by atoms with Crippen molar-refractivity contribution in [3.05, 3.63) is 71.1 Å². The molecule has 4 rings (SSSR count). The average Bonchev–Trinajstić information content (AvgIpc) is 3.16. The van der Waals surface area contributed by atoms with Crippen molar-refractivity contribution in [2.75, 3.05) is 14.2 Å². The lowest BCUT2D eigenvalue weighted by Crippen LogP contribution is -2.20. The Labute approximate surface area is 162 Å². The topological polar surface area (TPSA) is 106 Å². The molecule has 1 atom stereocenters. The van der Waals surface area contributed by atoms with Gasteiger partial charge in [-0.1, -0.05) is 12.1 Å². The summed E-state index contributed by atoms with van der Waals surface area (Å²) in [6.07, 6.45) is 0. The molecule has 0 spiro atoms. The summed E-state index contributed by atoms with van der Waals surface area (Å²) in [5.74, 6) is 1.50. The first kappa shape index (κ1) is 17.5. The van der Waals surface area contributed by atoms with E-state index in [1.54, 1.807) is 14.2 Å². The Bertz CT molecular complexity index is 1080. The van der Waals surface area contributed by atoms with Gasteiger partial charge < -0.3 is 19.9 Å². The molecular formula is C21H18N4O3. The predicted octanol–water partition coefficient (Wildman–Crippen LogP) is 3.31. The molecule has 28 heavy (non-hydrogen) atoms. The standard InChI is InChI=1S/C21H18N4O3/c1-26-14-7-3-12(4-8-14)17-16(11-22)20(23)28-21-18(17)19(24-25-21)13-5-9-15(27-2)10-6-13/h3-10,17H,23H2,1-2H3,(H,24,25)/t17-/m0/s1. The monoisotopic (exact) mass is 374 g/mol. The number of hydrogen-bond acceptors (Lipinski definition) is 6. The molecule has 1 aliphatic heterocycles. The van der Waals surface area contributed by atoms with Crippen LogP contribution in [0.4, 0.5) is 0 Å². The smallest absolute Gasteiger partial charge is 0.244 e. The van der Waals surface area contributed by atoms with Crippen LogP contribution < -0.4 is 19.9 Å². The summed E-state index contributed by atoms with van der Waals surface area (Å²) in [5.41, 5.74) is 9.67. The lowest BCUT2D eigenvalue weighted by Gasteiger charge is -2.24. The first-order chi connectivity index (χ1) is 13.7. The van der Waals surface area contributed by atoms with Crippen molar-refractivity contribution in [3.63, 3.8) is 0 Å². The minimum Gasteiger partial charge on any atom is -0.497 e. The Morgan fingerprint density at radius 2 is 1.64 bits per heavy atom. The predicted molar refractivity (Wildman–Crippen MR) is 103 cm³/mol. The highest BCUT2D eigenvalue weighted by atomic mass is 16.5. The van der Waals surface area contributed by atoms with E-state index in [0.717, 1.165) is 33.9 Å². The van der Waals surface area contributed by atoms with Crippen molar-refractivity contribution in [1.82, 2.24) is 10.2 Å². The average molecular weight is 374 g/mol. The molecule has 0 fully saturated rings. The molecule has 1 aromatic heterocycles. The van der Waals surface area contributed by atoms with Crippen molar-refractivity contribution in [2.24, 2.45) is 5.73 Å². The second-order valence-electron chi connectivity index (χ2n) is 6.24. The summed E-state index contributed by atoms with van der Waals surface area (Å²) in [5, 5.41) is 17.0. The molecule has 0 radical (unpaired) electrons. The summed E-state index contributed by atoms with van der Waals surface area (Å²) in [4.78, 5) is 0. The van der Waals surface area contributed by atoms with Crippen LogP contribution in [0, 0.1) is 11.3 Å². The number of H-pyrrole nitrogens is 1. The van der Waals surface area contributed by atoms with Crippen LogP contribution in [0.1, 0.15) is 17.0 Å². The van der Waals surface area contributed by atoms with Crippen LogP contribution in [0.5, 0.6) is 17.4 Å². The zero-order chi connectivity index (χ0) is 19.7. The number of aromatic amines is 1. The molecule has 7 nitrogen and oxygen atoms in total. The zero-order valence-corrected chi connectivity index (χ0v) is 15.4. The molecular weight excluding hydrogens is 356 g/mol. The van der Waals surface area contributed by atoms with Crippen molar-refractivity contribution in [1.29, 1.82) is 5.26 Å². The molecule has 7 heteroatoms. The quantitative estimate of drug-likeness (QED) is 0.726. The van der Waals surface area contributed by atoms with Gasteiger partial charge in [0.25, 0.3) is 0 Å². The number of aromatic nitrogens is 2. The molecule has 0 saturated heterocycles. The van der Waals surface area contributed by atoms with Crippen molar-refractivity contribution in [3.8, 4) is 34.7 Å². The maximum Gasteiger partial charge on any atom is 0.244 e. The van der Waals surface area contributed by atoms with Gasteiger partial charge in [-0.15, -0.1) is 5.10 Å². The Morgan fingerprint density at radius 3 is 2.21 bits per heavy atom. The van der Waals surface area contributed by atoms with Crippen molar-refractivity contribution < 1.29 is 14.2 Å². The van der Waals surface area contributed by atoms with Gasteiger partial charge in [-0.3, -0.25) is 5.10 Å². The number of hydrogen-bond donors (Lipinski definition) is 2. The highest BCUT2D eigenvalue weighted by Gasteiger charge is 2.35. The largest absolute Gasteiger partial charge is 0.497 e. The fourth-order valence-electron chi connectivity index (χ4n) is 3.35. The van der Waals surface area contributed by atoms with Gasteiger partial charge in [0.1, 0.15) is 23.1 Å². The molecule has 0 amide bonds. The van der Waals surface area contributed by atoms with Gasteiger partial charge >= 0.3 is 0 Å². The van der Waals surface area contributed by atoms with E-state index in [-0.39, 0.29) is 5.88 Å². The van der Waals surface area contributed by atoms with Gasteiger partial charge in [-0.2, -0.15) is 5.26 Å². The number of fused-ring (bicyclic) bond motifs is 1. The maximum atomic E-state index is 9.75. The van der Waals surface area contributed by atoms with E-state index in [9.17, 15) is 5.26 Å². The van der Waals surface area contributed by atoms with E-state index in [0.29, 0.717) is 11.5 Å². The van der Waals surface area contributed by atoms with E-state index >= 15 is 0 Å². The number of ether oxygens (including phenoxy) is 3. The number of nitriles is 1. The normalized spacial score (nSPS) is 15.4. The second-order valence-corrected chi connectivity index (χ2v) is 6.24. The first-order valence-electron chi connectivity index (χ1n) is 8.60. The SMILES string of the molecule is COc1ccc(-c2[nH]nc3c2[C@@H](c2ccc(OC)cc2)C(C#N)=C(N)O3)cc1. The third-order valence-corrected chi connectivity index (χ3v) is 4.77. The summed E-state index contributed by atoms with van der Waals surface area (Å²) in [7, 11) is 3.23. The summed E-state index contributed by atoms with van der Waals surface area (Å²) >= 11 is 0. The van der Waals surface area contributed by atoms with Crippen LogP contribution in [0.15, 0.2) is 60.0 Å². The molecule has 2 heterocycles. The summed E-state index contributed by atoms with van der Waals surface area (Å²) in [6, 6.07) is 17.3. The van der Waals surface area contributed by atoms with Crippen LogP contribution in [-0.2, 0) is 0 Å². The fraction of sp³-hybridized carbons (Fsp3) is 0.143. The minimum absolute atomic E-state index is 0.0589. The van der Waals surface area contributed by atoms with Crippen LogP contribution in [0.25, 0.3) is 11.3 Å². The first-order valence-corrected chi connectivity index (χ1v) is 8.60. The van der Waals surface area contributed by atoms with E-state index in [4.69, 9.17) is 19.9 Å². The Morgan fingerprint density at radius 1 is 1.04 bits per heavy atom. The lowest BCUT2D eigenvalue weighted by atomic mass is 9.83. The number of nitrogens with zero attached hydrogens (tertiary/aromatic N) is 2. The number of nitrogens with two attached hydrogens (primary N) is 1. The van der Waals surface area contributed by atoms with Crippen molar-refractivity contribution >= 4 is 0 Å². The van der Waals surface area contributed by atoms with E-state index in [1.807, 2.05) is 48.5 Å². The molecule has 0 saturated carbocycles. The van der Waals surface area contributed by atoms with Crippen molar-refractivity contribution in [2.45, 2.75) is 5.92 Å². The van der Waals surface area contributed by atoms with E-state index in [2.05, 4.69) is 16.3 Å². The van der Waals surface area contributed by atoms with E-state index < -0.39 is 5.92 Å². The highest BCUT2D eigenvalue weighted by molar-refractivity contribution is 5.71.